The van der Waals surface area contributed by atoms with Crippen LogP contribution in [-0.2, 0) is 25.5 Å². The molecular formula is C36H64N3O5+. The second kappa shape index (κ2) is 21.5. The van der Waals surface area contributed by atoms with E-state index < -0.39 is 29.3 Å². The molecule has 2 rings (SSSR count). The van der Waals surface area contributed by atoms with Gasteiger partial charge in [0.15, 0.2) is 12.2 Å². The molecule has 1 aromatic rings. The number of carbonyl (C=O) groups excluding carboxylic acids is 2. The quantitative estimate of drug-likeness (QED) is 0.0695. The van der Waals surface area contributed by atoms with Crippen LogP contribution in [0.5, 0.6) is 0 Å². The first-order chi connectivity index (χ1) is 21.2. The molecule has 0 aromatic carbocycles. The number of unbranched alkanes of at least 4 members (excludes halogenated alkanes) is 15. The van der Waals surface area contributed by atoms with Gasteiger partial charge in [-0.25, -0.2) is 14.2 Å². The molecule has 1 amide bonds. The van der Waals surface area contributed by atoms with Crippen LogP contribution in [0.1, 0.15) is 155 Å². The lowest BCUT2D eigenvalue weighted by Gasteiger charge is -2.30. The van der Waals surface area contributed by atoms with Crippen molar-refractivity contribution in [3.63, 3.8) is 0 Å². The van der Waals surface area contributed by atoms with Gasteiger partial charge in [0, 0.05) is 18.7 Å². The molecule has 3 unspecified atom stereocenters. The van der Waals surface area contributed by atoms with Crippen LogP contribution >= 0.6 is 0 Å². The van der Waals surface area contributed by atoms with Crippen molar-refractivity contribution in [2.75, 3.05) is 19.8 Å². The first-order valence-electron chi connectivity index (χ1n) is 17.7. The maximum atomic E-state index is 12.7. The summed E-state index contributed by atoms with van der Waals surface area (Å²) in [6.45, 7) is 9.72. The summed E-state index contributed by atoms with van der Waals surface area (Å²) in [6, 6.07) is 4.74. The van der Waals surface area contributed by atoms with Crippen LogP contribution in [0.15, 0.2) is 24.4 Å². The number of nitrogens with two attached hydrogens (primary N) is 1. The van der Waals surface area contributed by atoms with E-state index in [1.54, 1.807) is 0 Å². The normalized spacial score (nSPS) is 20.4. The van der Waals surface area contributed by atoms with Gasteiger partial charge in [-0.15, -0.1) is 0 Å². The fraction of sp³-hybridized carbons (Fsp3) is 0.806. The fourth-order valence-electron chi connectivity index (χ4n) is 6.06. The van der Waals surface area contributed by atoms with Gasteiger partial charge in [0.2, 0.25) is 5.69 Å². The number of ether oxygens (including phenoxy) is 3. The van der Waals surface area contributed by atoms with Gasteiger partial charge in [-0.1, -0.05) is 109 Å². The molecule has 1 aromatic heterocycles. The maximum Gasteiger partial charge on any atom is 0.407 e. The van der Waals surface area contributed by atoms with Crippen molar-refractivity contribution in [2.24, 2.45) is 5.73 Å². The molecule has 0 saturated carbocycles. The van der Waals surface area contributed by atoms with Crippen molar-refractivity contribution in [1.82, 2.24) is 5.32 Å². The average molecular weight is 619 g/mol. The number of alkyl carbamates (subject to hydrolysis) is 1. The van der Waals surface area contributed by atoms with Crippen molar-refractivity contribution in [1.29, 1.82) is 0 Å². The van der Waals surface area contributed by atoms with E-state index in [1.807, 2.05) is 49.7 Å². The SMILES string of the molecule is CCCCCCCCCCCCCCCCCCNC(=O)OCC1(C)CCC(C)(COC(=O)C(N)c2cccc[n+]2CC)O1. The van der Waals surface area contributed by atoms with Crippen LogP contribution < -0.4 is 15.6 Å². The molecule has 0 bridgehead atoms. The smallest absolute Gasteiger partial charge is 0.407 e. The Hall–Kier alpha value is -2.19. The van der Waals surface area contributed by atoms with Gasteiger partial charge in [0.1, 0.15) is 31.0 Å². The van der Waals surface area contributed by atoms with Gasteiger partial charge in [-0.2, -0.15) is 0 Å². The monoisotopic (exact) mass is 618 g/mol. The van der Waals surface area contributed by atoms with Crippen molar-refractivity contribution in [3.05, 3.63) is 30.1 Å². The summed E-state index contributed by atoms with van der Waals surface area (Å²) in [5.74, 6) is -0.485. The zero-order valence-corrected chi connectivity index (χ0v) is 28.5. The van der Waals surface area contributed by atoms with Crippen molar-refractivity contribution < 1.29 is 28.4 Å². The molecule has 3 N–H and O–H groups in total. The highest BCUT2D eigenvalue weighted by Crippen LogP contribution is 2.38. The highest BCUT2D eigenvalue weighted by molar-refractivity contribution is 5.76. The third-order valence-corrected chi connectivity index (χ3v) is 8.89. The summed E-state index contributed by atoms with van der Waals surface area (Å²) in [6.07, 6.45) is 24.1. The standard InChI is InChI=1S/C36H63N3O5/c1-5-7-8-9-10-11-12-13-14-15-16-17-18-19-20-22-27-38-34(41)43-30-36(4)26-25-35(3,44-36)29-42-33(40)32(37)31-24-21-23-28-39(31)6-2/h21,23-24,28,32H,5-20,22,25-27,29-30,37H2,1-4H3/p+1. The second-order valence-electron chi connectivity index (χ2n) is 13.3. The zero-order chi connectivity index (χ0) is 32.1. The van der Waals surface area contributed by atoms with E-state index in [4.69, 9.17) is 19.9 Å². The minimum absolute atomic E-state index is 0.0968. The largest absolute Gasteiger partial charge is 0.461 e. The lowest BCUT2D eigenvalue weighted by atomic mass is 9.99. The predicted molar refractivity (Wildman–Crippen MR) is 176 cm³/mol. The number of aryl methyl sites for hydroxylation is 1. The first-order valence-corrected chi connectivity index (χ1v) is 17.7. The van der Waals surface area contributed by atoms with E-state index in [9.17, 15) is 9.59 Å². The van der Waals surface area contributed by atoms with Crippen LogP contribution in [0.4, 0.5) is 4.79 Å². The van der Waals surface area contributed by atoms with Crippen LogP contribution in [-0.4, -0.2) is 43.0 Å². The van der Waals surface area contributed by atoms with Crippen LogP contribution in [0.2, 0.25) is 0 Å². The van der Waals surface area contributed by atoms with Gasteiger partial charge in [0.25, 0.3) is 0 Å². The molecule has 8 heteroatoms. The summed E-state index contributed by atoms with van der Waals surface area (Å²) in [5, 5.41) is 2.87. The van der Waals surface area contributed by atoms with Crippen molar-refractivity contribution in [3.8, 4) is 0 Å². The number of esters is 1. The number of carbonyl (C=O) groups is 2. The summed E-state index contributed by atoms with van der Waals surface area (Å²) >= 11 is 0. The summed E-state index contributed by atoms with van der Waals surface area (Å²) < 4.78 is 19.3. The lowest BCUT2D eigenvalue weighted by Crippen LogP contribution is -2.44. The van der Waals surface area contributed by atoms with Crippen molar-refractivity contribution >= 4 is 12.1 Å². The topological polar surface area (TPSA) is 104 Å². The Morgan fingerprint density at radius 2 is 1.32 bits per heavy atom. The Labute approximate surface area is 268 Å². The number of nitrogens with zero attached hydrogens (tertiary/aromatic N) is 1. The Bertz CT molecular complexity index is 944. The number of aromatic nitrogens is 1. The highest BCUT2D eigenvalue weighted by atomic mass is 16.6. The molecule has 1 saturated heterocycles. The zero-order valence-electron chi connectivity index (χ0n) is 28.5. The van der Waals surface area contributed by atoms with E-state index in [0.29, 0.717) is 31.6 Å². The van der Waals surface area contributed by atoms with E-state index in [0.717, 1.165) is 12.8 Å². The number of hydrogen-bond acceptors (Lipinski definition) is 6. The van der Waals surface area contributed by atoms with Crippen LogP contribution in [0.25, 0.3) is 0 Å². The lowest BCUT2D eigenvalue weighted by molar-refractivity contribution is -0.701. The number of pyridine rings is 1. The van der Waals surface area contributed by atoms with Gasteiger partial charge in [-0.3, -0.25) is 0 Å². The highest BCUT2D eigenvalue weighted by Gasteiger charge is 2.45. The number of nitrogens with one attached hydrogen (secondary N) is 1. The first kappa shape index (κ1) is 38.0. The fourth-order valence-corrected chi connectivity index (χ4v) is 6.06. The van der Waals surface area contributed by atoms with Gasteiger partial charge < -0.3 is 25.3 Å². The molecule has 1 aliphatic rings. The Morgan fingerprint density at radius 3 is 1.84 bits per heavy atom. The molecule has 0 radical (unpaired) electrons. The van der Waals surface area contributed by atoms with Gasteiger partial charge in [0.05, 0.1) is 0 Å². The molecule has 0 spiro atoms. The van der Waals surface area contributed by atoms with Gasteiger partial charge in [-0.05, 0) is 40.0 Å². The van der Waals surface area contributed by atoms with E-state index in [1.165, 1.54) is 89.9 Å². The number of rotatable bonds is 24. The molecule has 3 atom stereocenters. The van der Waals surface area contributed by atoms with E-state index in [2.05, 4.69) is 12.2 Å². The number of hydrogen-bond donors (Lipinski definition) is 2. The Morgan fingerprint density at radius 1 is 0.818 bits per heavy atom. The predicted octanol–water partition coefficient (Wildman–Crippen LogP) is 7.85. The van der Waals surface area contributed by atoms with Crippen LogP contribution in [0.3, 0.4) is 0 Å². The molecule has 252 valence electrons. The molecule has 1 fully saturated rings. The second-order valence-corrected chi connectivity index (χ2v) is 13.3. The van der Waals surface area contributed by atoms with Crippen LogP contribution in [0, 0.1) is 0 Å². The summed E-state index contributed by atoms with van der Waals surface area (Å²) in [7, 11) is 0. The maximum absolute atomic E-state index is 12.7. The summed E-state index contributed by atoms with van der Waals surface area (Å²) in [5.41, 5.74) is 5.62. The van der Waals surface area contributed by atoms with Gasteiger partial charge >= 0.3 is 12.1 Å². The van der Waals surface area contributed by atoms with E-state index in [-0.39, 0.29) is 13.2 Å². The third-order valence-electron chi connectivity index (χ3n) is 8.89. The molecule has 1 aliphatic heterocycles. The third kappa shape index (κ3) is 15.2. The van der Waals surface area contributed by atoms with Crippen molar-refractivity contribution in [2.45, 2.75) is 167 Å². The minimum atomic E-state index is -0.867. The Kier molecular flexibility index (Phi) is 18.6. The molecule has 2 heterocycles. The molecule has 8 nitrogen and oxygen atoms in total. The number of amides is 1. The molecular weight excluding hydrogens is 554 g/mol. The minimum Gasteiger partial charge on any atom is -0.461 e. The Balaban J connectivity index is 1.48. The molecule has 44 heavy (non-hydrogen) atoms. The summed E-state index contributed by atoms with van der Waals surface area (Å²) in [4.78, 5) is 25.0. The molecule has 0 aliphatic carbocycles. The average Bonchev–Trinajstić information content (AvgIpc) is 3.34. The van der Waals surface area contributed by atoms with E-state index >= 15 is 0 Å².